The van der Waals surface area contributed by atoms with Gasteiger partial charge < -0.3 is 23.7 Å². The molecule has 5 heteroatoms. The maximum atomic E-state index is 5.66. The topological polar surface area (TPSA) is 46.2 Å². The highest BCUT2D eigenvalue weighted by atomic mass is 16.6. The molecule has 19 heavy (non-hydrogen) atoms. The van der Waals surface area contributed by atoms with E-state index in [9.17, 15) is 0 Å². The monoisotopic (exact) mass is 278 g/mol. The molecule has 0 heterocycles. The molecule has 0 aromatic rings. The summed E-state index contributed by atoms with van der Waals surface area (Å²) in [6, 6.07) is 0. The zero-order chi connectivity index (χ0) is 14.7. The van der Waals surface area contributed by atoms with Gasteiger partial charge in [0.25, 0.3) is 0 Å². The molecule has 0 aliphatic heterocycles. The lowest BCUT2D eigenvalue weighted by atomic mass is 10.2. The standard InChI is InChI=1S/C14H30O5/c1-7-18-11(3)13(15-5)9-17-10-14(16-6)12(4)19-8-2/h11-14H,7-10H2,1-6H3. The highest BCUT2D eigenvalue weighted by Gasteiger charge is 2.20. The van der Waals surface area contributed by atoms with Crippen LogP contribution in [-0.2, 0) is 23.7 Å². The molecule has 116 valence electrons. The van der Waals surface area contributed by atoms with E-state index in [2.05, 4.69) is 0 Å². The lowest BCUT2D eigenvalue weighted by Crippen LogP contribution is -2.37. The number of rotatable bonds is 12. The average Bonchev–Trinajstić information content (AvgIpc) is 2.39. The molecule has 0 N–H and O–H groups in total. The highest BCUT2D eigenvalue weighted by Crippen LogP contribution is 2.07. The summed E-state index contributed by atoms with van der Waals surface area (Å²) in [7, 11) is 3.33. The Bertz CT molecular complexity index is 180. The fourth-order valence-electron chi connectivity index (χ4n) is 1.83. The Morgan fingerprint density at radius 3 is 1.37 bits per heavy atom. The van der Waals surface area contributed by atoms with Gasteiger partial charge in [0.1, 0.15) is 12.2 Å². The summed E-state index contributed by atoms with van der Waals surface area (Å²) in [5, 5.41) is 0. The third-order valence-electron chi connectivity index (χ3n) is 3.08. The number of methoxy groups -OCH3 is 2. The van der Waals surface area contributed by atoms with Crippen LogP contribution in [0.5, 0.6) is 0 Å². The largest absolute Gasteiger partial charge is 0.376 e. The van der Waals surface area contributed by atoms with E-state index in [1.54, 1.807) is 14.2 Å². The summed E-state index contributed by atoms with van der Waals surface area (Å²) in [6.45, 7) is 10.2. The molecule has 0 amide bonds. The Kier molecular flexibility index (Phi) is 11.5. The van der Waals surface area contributed by atoms with Crippen molar-refractivity contribution in [1.82, 2.24) is 0 Å². The molecule has 0 aliphatic carbocycles. The summed E-state index contributed by atoms with van der Waals surface area (Å²) >= 11 is 0. The zero-order valence-electron chi connectivity index (χ0n) is 13.2. The molecule has 4 atom stereocenters. The second-order valence-electron chi connectivity index (χ2n) is 4.41. The van der Waals surface area contributed by atoms with Gasteiger partial charge in [0.2, 0.25) is 0 Å². The van der Waals surface area contributed by atoms with Crippen LogP contribution in [0.25, 0.3) is 0 Å². The molecule has 5 nitrogen and oxygen atoms in total. The third kappa shape index (κ3) is 7.84. The Balaban J connectivity index is 4.02. The van der Waals surface area contributed by atoms with Crippen molar-refractivity contribution in [2.75, 3.05) is 40.6 Å². The molecule has 0 rings (SSSR count). The van der Waals surface area contributed by atoms with Gasteiger partial charge in [-0.1, -0.05) is 0 Å². The van der Waals surface area contributed by atoms with Crippen LogP contribution in [-0.4, -0.2) is 65.1 Å². The van der Waals surface area contributed by atoms with E-state index in [4.69, 9.17) is 23.7 Å². The van der Waals surface area contributed by atoms with Gasteiger partial charge in [0.15, 0.2) is 0 Å². The van der Waals surface area contributed by atoms with Gasteiger partial charge in [-0.3, -0.25) is 0 Å². The Morgan fingerprint density at radius 2 is 1.11 bits per heavy atom. The van der Waals surface area contributed by atoms with Crippen molar-refractivity contribution in [2.45, 2.75) is 52.1 Å². The summed E-state index contributed by atoms with van der Waals surface area (Å²) in [4.78, 5) is 0. The number of hydrogen-bond donors (Lipinski definition) is 0. The molecule has 0 saturated carbocycles. The van der Waals surface area contributed by atoms with Crippen LogP contribution in [0.15, 0.2) is 0 Å². The first-order valence-corrected chi connectivity index (χ1v) is 6.97. The van der Waals surface area contributed by atoms with Gasteiger partial charge in [-0.05, 0) is 27.7 Å². The van der Waals surface area contributed by atoms with Crippen LogP contribution >= 0.6 is 0 Å². The van der Waals surface area contributed by atoms with Gasteiger partial charge in [-0.2, -0.15) is 0 Å². The molecule has 0 spiro atoms. The van der Waals surface area contributed by atoms with Crippen molar-refractivity contribution in [3.8, 4) is 0 Å². The molecular weight excluding hydrogens is 248 g/mol. The molecule has 0 saturated heterocycles. The maximum Gasteiger partial charge on any atom is 0.106 e. The zero-order valence-corrected chi connectivity index (χ0v) is 13.2. The van der Waals surface area contributed by atoms with Crippen LogP contribution in [0.4, 0.5) is 0 Å². The Labute approximate surface area is 117 Å². The minimum atomic E-state index is -0.0696. The van der Waals surface area contributed by atoms with Crippen LogP contribution in [0.2, 0.25) is 0 Å². The van der Waals surface area contributed by atoms with Gasteiger partial charge in [-0.15, -0.1) is 0 Å². The lowest BCUT2D eigenvalue weighted by molar-refractivity contribution is -0.112. The van der Waals surface area contributed by atoms with Crippen LogP contribution < -0.4 is 0 Å². The number of hydrogen-bond acceptors (Lipinski definition) is 5. The van der Waals surface area contributed by atoms with Gasteiger partial charge in [-0.25, -0.2) is 0 Å². The minimum absolute atomic E-state index is 0.0142. The SMILES string of the molecule is CCOC(C)C(COCC(OC)C(C)OCC)OC. The van der Waals surface area contributed by atoms with Crippen molar-refractivity contribution in [3.63, 3.8) is 0 Å². The molecule has 0 aromatic heterocycles. The molecule has 0 aliphatic rings. The van der Waals surface area contributed by atoms with E-state index in [1.165, 1.54) is 0 Å². The molecule has 0 aromatic carbocycles. The van der Waals surface area contributed by atoms with E-state index < -0.39 is 0 Å². The normalized spacial score (nSPS) is 18.0. The first-order valence-electron chi connectivity index (χ1n) is 6.97. The van der Waals surface area contributed by atoms with Crippen LogP contribution in [0.1, 0.15) is 27.7 Å². The summed E-state index contributed by atoms with van der Waals surface area (Å²) in [5.41, 5.74) is 0. The van der Waals surface area contributed by atoms with Crippen molar-refractivity contribution in [3.05, 3.63) is 0 Å². The molecular formula is C14H30O5. The average molecular weight is 278 g/mol. The predicted molar refractivity (Wildman–Crippen MR) is 74.6 cm³/mol. The van der Waals surface area contributed by atoms with Crippen molar-refractivity contribution in [2.24, 2.45) is 0 Å². The second kappa shape index (κ2) is 11.6. The van der Waals surface area contributed by atoms with Crippen molar-refractivity contribution >= 4 is 0 Å². The van der Waals surface area contributed by atoms with E-state index >= 15 is 0 Å². The highest BCUT2D eigenvalue weighted by molar-refractivity contribution is 4.68. The van der Waals surface area contributed by atoms with E-state index in [0.717, 1.165) is 0 Å². The van der Waals surface area contributed by atoms with Crippen molar-refractivity contribution in [1.29, 1.82) is 0 Å². The minimum Gasteiger partial charge on any atom is -0.376 e. The van der Waals surface area contributed by atoms with Gasteiger partial charge in [0, 0.05) is 27.4 Å². The summed E-state index contributed by atoms with van der Waals surface area (Å²) in [6.07, 6.45) is -0.111. The van der Waals surface area contributed by atoms with E-state index in [1.807, 2.05) is 27.7 Å². The molecule has 0 fully saturated rings. The van der Waals surface area contributed by atoms with E-state index in [0.29, 0.717) is 26.4 Å². The predicted octanol–water partition coefficient (Wildman–Crippen LogP) is 1.88. The molecule has 0 bridgehead atoms. The first-order chi connectivity index (χ1) is 9.10. The van der Waals surface area contributed by atoms with Crippen LogP contribution in [0, 0.1) is 0 Å². The lowest BCUT2D eigenvalue weighted by Gasteiger charge is -2.25. The third-order valence-corrected chi connectivity index (χ3v) is 3.08. The summed E-state index contributed by atoms with van der Waals surface area (Å²) in [5.74, 6) is 0. The molecule has 4 unspecified atom stereocenters. The van der Waals surface area contributed by atoms with E-state index in [-0.39, 0.29) is 24.4 Å². The Morgan fingerprint density at radius 1 is 0.737 bits per heavy atom. The smallest absolute Gasteiger partial charge is 0.106 e. The summed E-state index contributed by atoms with van der Waals surface area (Å²) < 4.78 is 27.4. The Hall–Kier alpha value is -0.200. The van der Waals surface area contributed by atoms with Crippen LogP contribution in [0.3, 0.4) is 0 Å². The number of ether oxygens (including phenoxy) is 5. The maximum absolute atomic E-state index is 5.66. The van der Waals surface area contributed by atoms with Gasteiger partial charge >= 0.3 is 0 Å². The van der Waals surface area contributed by atoms with Gasteiger partial charge in [0.05, 0.1) is 25.4 Å². The quantitative estimate of drug-likeness (QED) is 0.545. The first kappa shape index (κ1) is 18.8. The molecule has 0 radical (unpaired) electrons. The fourth-order valence-corrected chi connectivity index (χ4v) is 1.83. The fraction of sp³-hybridized carbons (Fsp3) is 1.00. The van der Waals surface area contributed by atoms with Crippen molar-refractivity contribution < 1.29 is 23.7 Å². The second-order valence-corrected chi connectivity index (χ2v) is 4.41.